The first-order chi connectivity index (χ1) is 13.9. The summed E-state index contributed by atoms with van der Waals surface area (Å²) < 4.78 is 0. The number of carbonyl (C=O) groups is 2. The minimum absolute atomic E-state index is 0.0155. The lowest BCUT2D eigenvalue weighted by Crippen LogP contribution is -2.50. The van der Waals surface area contributed by atoms with Gasteiger partial charge in [0.1, 0.15) is 6.04 Å². The molecule has 2 aromatic carbocycles. The Balaban J connectivity index is 2.04. The van der Waals surface area contributed by atoms with Crippen molar-refractivity contribution >= 4 is 23.6 Å². The van der Waals surface area contributed by atoms with E-state index in [2.05, 4.69) is 30.4 Å². The zero-order valence-electron chi connectivity index (χ0n) is 17.9. The number of rotatable bonds is 10. The van der Waals surface area contributed by atoms with E-state index in [4.69, 9.17) is 0 Å². The average Bonchev–Trinajstić information content (AvgIpc) is 2.72. The van der Waals surface area contributed by atoms with E-state index in [0.29, 0.717) is 12.3 Å². The van der Waals surface area contributed by atoms with Gasteiger partial charge in [-0.15, -0.1) is 11.8 Å². The maximum Gasteiger partial charge on any atom is 0.242 e. The quantitative estimate of drug-likeness (QED) is 0.622. The second-order valence-corrected chi connectivity index (χ2v) is 8.47. The van der Waals surface area contributed by atoms with E-state index >= 15 is 0 Å². The molecule has 0 saturated heterocycles. The van der Waals surface area contributed by atoms with Crippen LogP contribution in [0.25, 0.3) is 0 Å². The van der Waals surface area contributed by atoms with Crippen LogP contribution in [0.5, 0.6) is 0 Å². The molecular formula is C24H32N2O2S. The van der Waals surface area contributed by atoms with E-state index in [1.54, 1.807) is 16.7 Å². The third-order valence-corrected chi connectivity index (χ3v) is 5.93. The molecule has 0 radical (unpaired) electrons. The average molecular weight is 413 g/mol. The minimum Gasteiger partial charge on any atom is -0.352 e. The van der Waals surface area contributed by atoms with Crippen LogP contribution in [0.1, 0.15) is 43.9 Å². The SMILES string of the molecule is CC[C@H](C)NC(=O)[C@@H](C)N(Cc1ccccc1)C(=O)CSCc1cccc(C)c1. The molecule has 0 aliphatic carbocycles. The van der Waals surface area contributed by atoms with E-state index in [9.17, 15) is 9.59 Å². The third-order valence-electron chi connectivity index (χ3n) is 4.94. The number of hydrogen-bond donors (Lipinski definition) is 1. The van der Waals surface area contributed by atoms with Crippen LogP contribution in [-0.4, -0.2) is 34.6 Å². The number of carbonyl (C=O) groups excluding carboxylic acids is 2. The molecule has 1 N–H and O–H groups in total. The van der Waals surface area contributed by atoms with E-state index in [-0.39, 0.29) is 17.9 Å². The van der Waals surface area contributed by atoms with Gasteiger partial charge in [0.25, 0.3) is 0 Å². The van der Waals surface area contributed by atoms with Crippen LogP contribution >= 0.6 is 11.8 Å². The molecule has 5 heteroatoms. The smallest absolute Gasteiger partial charge is 0.242 e. The van der Waals surface area contributed by atoms with Gasteiger partial charge in [0.2, 0.25) is 11.8 Å². The van der Waals surface area contributed by atoms with Gasteiger partial charge in [0.15, 0.2) is 0 Å². The third kappa shape index (κ3) is 7.58. The number of nitrogens with zero attached hydrogens (tertiary/aromatic N) is 1. The van der Waals surface area contributed by atoms with Gasteiger partial charge in [-0.05, 0) is 38.3 Å². The molecule has 0 spiro atoms. The number of nitrogens with one attached hydrogen (secondary N) is 1. The molecule has 4 nitrogen and oxygen atoms in total. The lowest BCUT2D eigenvalue weighted by molar-refractivity contribution is -0.138. The molecule has 0 saturated carbocycles. The van der Waals surface area contributed by atoms with Crippen molar-refractivity contribution in [3.63, 3.8) is 0 Å². The predicted octanol–water partition coefficient (Wildman–Crippen LogP) is 4.56. The highest BCUT2D eigenvalue weighted by Crippen LogP contribution is 2.17. The number of benzene rings is 2. The maximum atomic E-state index is 13.0. The topological polar surface area (TPSA) is 49.4 Å². The highest BCUT2D eigenvalue weighted by atomic mass is 32.2. The van der Waals surface area contributed by atoms with Gasteiger partial charge < -0.3 is 10.2 Å². The summed E-state index contributed by atoms with van der Waals surface area (Å²) in [4.78, 5) is 27.4. The van der Waals surface area contributed by atoms with Crippen LogP contribution in [0.2, 0.25) is 0 Å². The standard InChI is InChI=1S/C24H32N2O2S/c1-5-19(3)25-24(28)20(4)26(15-21-11-7-6-8-12-21)23(27)17-29-16-22-13-9-10-18(2)14-22/h6-14,19-20H,5,15-17H2,1-4H3,(H,25,28)/t19-,20+/m0/s1. The summed E-state index contributed by atoms with van der Waals surface area (Å²) in [6, 6.07) is 17.7. The molecule has 0 aliphatic heterocycles. The molecule has 2 aromatic rings. The maximum absolute atomic E-state index is 13.0. The summed E-state index contributed by atoms with van der Waals surface area (Å²) in [5.41, 5.74) is 3.45. The fourth-order valence-electron chi connectivity index (χ4n) is 2.97. The molecule has 29 heavy (non-hydrogen) atoms. The lowest BCUT2D eigenvalue weighted by atomic mass is 10.1. The number of aryl methyl sites for hydroxylation is 1. The summed E-state index contributed by atoms with van der Waals surface area (Å²) in [6.45, 7) is 8.32. The van der Waals surface area contributed by atoms with Crippen LogP contribution in [0.15, 0.2) is 54.6 Å². The Hall–Kier alpha value is -2.27. The van der Waals surface area contributed by atoms with E-state index in [1.165, 1.54) is 11.1 Å². The molecule has 156 valence electrons. The number of thioether (sulfide) groups is 1. The zero-order chi connectivity index (χ0) is 21.2. The van der Waals surface area contributed by atoms with Gasteiger partial charge in [-0.2, -0.15) is 0 Å². The van der Waals surface area contributed by atoms with Gasteiger partial charge in [0, 0.05) is 18.3 Å². The molecule has 2 rings (SSSR count). The Kier molecular flexibility index (Phi) is 9.26. The van der Waals surface area contributed by atoms with Crippen LogP contribution in [-0.2, 0) is 21.9 Å². The van der Waals surface area contributed by atoms with Crippen molar-refractivity contribution in [2.75, 3.05) is 5.75 Å². The molecule has 2 atom stereocenters. The molecule has 0 aliphatic rings. The second-order valence-electron chi connectivity index (χ2n) is 7.48. The summed E-state index contributed by atoms with van der Waals surface area (Å²) in [7, 11) is 0. The minimum atomic E-state index is -0.517. The van der Waals surface area contributed by atoms with Crippen LogP contribution in [0.4, 0.5) is 0 Å². The van der Waals surface area contributed by atoms with E-state index < -0.39 is 6.04 Å². The lowest BCUT2D eigenvalue weighted by Gasteiger charge is -2.29. The fourth-order valence-corrected chi connectivity index (χ4v) is 3.83. The largest absolute Gasteiger partial charge is 0.352 e. The molecule has 0 bridgehead atoms. The zero-order valence-corrected chi connectivity index (χ0v) is 18.7. The molecule has 0 aromatic heterocycles. The van der Waals surface area contributed by atoms with Crippen LogP contribution in [0.3, 0.4) is 0 Å². The molecular weight excluding hydrogens is 380 g/mol. The van der Waals surface area contributed by atoms with Crippen molar-refractivity contribution in [1.82, 2.24) is 10.2 Å². The highest BCUT2D eigenvalue weighted by Gasteiger charge is 2.26. The highest BCUT2D eigenvalue weighted by molar-refractivity contribution is 7.99. The molecule has 0 heterocycles. The normalized spacial score (nSPS) is 12.8. The summed E-state index contributed by atoms with van der Waals surface area (Å²) >= 11 is 1.59. The van der Waals surface area contributed by atoms with Crippen LogP contribution in [0, 0.1) is 6.92 Å². The van der Waals surface area contributed by atoms with E-state index in [0.717, 1.165) is 17.7 Å². The van der Waals surface area contributed by atoms with Crippen LogP contribution < -0.4 is 5.32 Å². The van der Waals surface area contributed by atoms with Crippen molar-refractivity contribution in [3.8, 4) is 0 Å². The summed E-state index contributed by atoms with van der Waals surface area (Å²) in [5, 5.41) is 3.00. The van der Waals surface area contributed by atoms with Crippen molar-refractivity contribution in [2.24, 2.45) is 0 Å². The Morgan fingerprint density at radius 2 is 1.72 bits per heavy atom. The molecule has 2 amide bonds. The Bertz CT molecular complexity index is 794. The summed E-state index contributed by atoms with van der Waals surface area (Å²) in [5.74, 6) is 1.01. The fraction of sp³-hybridized carbons (Fsp3) is 0.417. The number of hydrogen-bond acceptors (Lipinski definition) is 3. The van der Waals surface area contributed by atoms with Crippen molar-refractivity contribution < 1.29 is 9.59 Å². The Labute approximate surface area is 179 Å². The van der Waals surface area contributed by atoms with Gasteiger partial charge in [-0.3, -0.25) is 9.59 Å². The predicted molar refractivity (Wildman–Crippen MR) is 122 cm³/mol. The van der Waals surface area contributed by atoms with Gasteiger partial charge in [-0.1, -0.05) is 67.1 Å². The molecule has 0 fully saturated rings. The van der Waals surface area contributed by atoms with Crippen molar-refractivity contribution in [1.29, 1.82) is 0 Å². The van der Waals surface area contributed by atoms with Crippen molar-refractivity contribution in [2.45, 2.75) is 58.5 Å². The summed E-state index contributed by atoms with van der Waals surface area (Å²) in [6.07, 6.45) is 0.859. The monoisotopic (exact) mass is 412 g/mol. The molecule has 0 unspecified atom stereocenters. The van der Waals surface area contributed by atoms with Gasteiger partial charge in [0.05, 0.1) is 5.75 Å². The van der Waals surface area contributed by atoms with E-state index in [1.807, 2.05) is 57.2 Å². The first kappa shape index (κ1) is 23.0. The first-order valence-corrected chi connectivity index (χ1v) is 11.3. The van der Waals surface area contributed by atoms with Gasteiger partial charge >= 0.3 is 0 Å². The number of amides is 2. The Morgan fingerprint density at radius 3 is 2.38 bits per heavy atom. The first-order valence-electron chi connectivity index (χ1n) is 10.2. The second kappa shape index (κ2) is 11.7. The van der Waals surface area contributed by atoms with Crippen molar-refractivity contribution in [3.05, 3.63) is 71.3 Å². The van der Waals surface area contributed by atoms with Gasteiger partial charge in [-0.25, -0.2) is 0 Å². The Morgan fingerprint density at radius 1 is 1.03 bits per heavy atom.